The van der Waals surface area contributed by atoms with Crippen molar-refractivity contribution in [2.45, 2.75) is 59.4 Å². The Morgan fingerprint density at radius 2 is 1.90 bits per heavy atom. The Labute approximate surface area is 127 Å². The summed E-state index contributed by atoms with van der Waals surface area (Å²) in [5.41, 5.74) is 1.35. The molecule has 1 amide bonds. The van der Waals surface area contributed by atoms with Gasteiger partial charge in [0.2, 0.25) is 0 Å². The molecule has 1 aromatic rings. The molecule has 0 aliphatic carbocycles. The predicted octanol–water partition coefficient (Wildman–Crippen LogP) is 2.24. The molecule has 0 spiro atoms. The Balaban J connectivity index is 2.86. The topological polar surface area (TPSA) is 67.2 Å². The summed E-state index contributed by atoms with van der Waals surface area (Å²) in [5, 5.41) is 16.8. The lowest BCUT2D eigenvalue weighted by molar-refractivity contribution is 0.0888. The molecule has 1 heterocycles. The molecule has 0 saturated carbocycles. The maximum atomic E-state index is 12.4. The molecule has 1 rings (SSSR count). The minimum Gasteiger partial charge on any atom is -0.394 e. The second-order valence-corrected chi connectivity index (χ2v) is 7.91. The number of aliphatic hydroxyl groups is 1. The van der Waals surface area contributed by atoms with Crippen molar-refractivity contribution < 1.29 is 9.90 Å². The molecule has 5 nitrogen and oxygen atoms in total. The zero-order chi connectivity index (χ0) is 16.4. The third kappa shape index (κ3) is 5.16. The van der Waals surface area contributed by atoms with Gasteiger partial charge in [0, 0.05) is 12.5 Å². The van der Waals surface area contributed by atoms with Crippen LogP contribution in [0.15, 0.2) is 6.07 Å². The molecular formula is C16H29N3O2. The van der Waals surface area contributed by atoms with Gasteiger partial charge >= 0.3 is 0 Å². The van der Waals surface area contributed by atoms with Crippen molar-refractivity contribution in [1.82, 2.24) is 15.1 Å². The first-order valence-corrected chi connectivity index (χ1v) is 7.40. The molecule has 0 radical (unpaired) electrons. The number of rotatable bonds is 4. The van der Waals surface area contributed by atoms with Gasteiger partial charge in [0.1, 0.15) is 5.69 Å². The number of hydrogen-bond donors (Lipinski definition) is 2. The largest absolute Gasteiger partial charge is 0.394 e. The predicted molar refractivity (Wildman–Crippen MR) is 84.3 cm³/mol. The van der Waals surface area contributed by atoms with Crippen molar-refractivity contribution in [3.8, 4) is 0 Å². The maximum absolute atomic E-state index is 12.4. The lowest BCUT2D eigenvalue weighted by Crippen LogP contribution is -2.40. The second kappa shape index (κ2) is 6.18. The average molecular weight is 295 g/mol. The summed E-state index contributed by atoms with van der Waals surface area (Å²) >= 11 is 0. The Bertz CT molecular complexity index is 493. The monoisotopic (exact) mass is 295 g/mol. The first-order chi connectivity index (χ1) is 9.44. The van der Waals surface area contributed by atoms with E-state index in [9.17, 15) is 9.90 Å². The number of aromatic nitrogens is 2. The number of carbonyl (C=O) groups is 1. The fourth-order valence-electron chi connectivity index (χ4n) is 2.21. The van der Waals surface area contributed by atoms with Crippen LogP contribution in [0.2, 0.25) is 0 Å². The molecule has 0 aromatic carbocycles. The molecule has 0 saturated heterocycles. The van der Waals surface area contributed by atoms with Gasteiger partial charge in [-0.3, -0.25) is 9.48 Å². The number of carbonyl (C=O) groups excluding carboxylic acids is 1. The summed E-state index contributed by atoms with van der Waals surface area (Å²) in [6, 6.07) is 1.58. The van der Waals surface area contributed by atoms with E-state index in [1.165, 1.54) is 0 Å². The highest BCUT2D eigenvalue weighted by atomic mass is 16.3. The Kier molecular flexibility index (Phi) is 5.20. The molecule has 5 heteroatoms. The summed E-state index contributed by atoms with van der Waals surface area (Å²) in [7, 11) is 1.77. The molecule has 1 unspecified atom stereocenters. The first kappa shape index (κ1) is 17.7. The van der Waals surface area contributed by atoms with Crippen molar-refractivity contribution in [1.29, 1.82) is 0 Å². The molecule has 0 fully saturated rings. The van der Waals surface area contributed by atoms with Gasteiger partial charge in [-0.05, 0) is 17.9 Å². The molecule has 21 heavy (non-hydrogen) atoms. The molecule has 0 aliphatic rings. The van der Waals surface area contributed by atoms with Gasteiger partial charge in [-0.25, -0.2) is 0 Å². The smallest absolute Gasteiger partial charge is 0.269 e. The van der Waals surface area contributed by atoms with Crippen molar-refractivity contribution >= 4 is 5.91 Å². The minimum atomic E-state index is -0.245. The van der Waals surface area contributed by atoms with Crippen molar-refractivity contribution in [2.24, 2.45) is 12.5 Å². The zero-order valence-corrected chi connectivity index (χ0v) is 14.3. The van der Waals surface area contributed by atoms with Crippen LogP contribution in [0.4, 0.5) is 0 Å². The van der Waals surface area contributed by atoms with Crippen LogP contribution in [-0.4, -0.2) is 33.4 Å². The molecule has 120 valence electrons. The highest BCUT2D eigenvalue weighted by Crippen LogP contribution is 2.22. The van der Waals surface area contributed by atoms with Crippen LogP contribution in [0.1, 0.15) is 64.1 Å². The van der Waals surface area contributed by atoms with E-state index in [-0.39, 0.29) is 29.4 Å². The number of nitrogens with zero attached hydrogens (tertiary/aromatic N) is 2. The normalized spacial score (nSPS) is 14.1. The third-order valence-electron chi connectivity index (χ3n) is 3.30. The van der Waals surface area contributed by atoms with Gasteiger partial charge in [-0.2, -0.15) is 5.10 Å². The second-order valence-electron chi connectivity index (χ2n) is 7.91. The van der Waals surface area contributed by atoms with E-state index in [0.29, 0.717) is 5.69 Å². The molecule has 1 atom stereocenters. The summed E-state index contributed by atoms with van der Waals surface area (Å²) in [5.74, 6) is -0.191. The lowest BCUT2D eigenvalue weighted by atomic mass is 9.88. The van der Waals surface area contributed by atoms with Crippen molar-refractivity contribution in [3.05, 3.63) is 17.5 Å². The highest BCUT2D eigenvalue weighted by Gasteiger charge is 2.24. The summed E-state index contributed by atoms with van der Waals surface area (Å²) < 4.78 is 1.60. The summed E-state index contributed by atoms with van der Waals surface area (Å²) in [6.07, 6.45) is 0.721. The van der Waals surface area contributed by atoms with Gasteiger partial charge in [0.15, 0.2) is 0 Å². The van der Waals surface area contributed by atoms with Crippen LogP contribution in [0.5, 0.6) is 0 Å². The van der Waals surface area contributed by atoms with Crippen LogP contribution in [0.25, 0.3) is 0 Å². The van der Waals surface area contributed by atoms with E-state index in [4.69, 9.17) is 0 Å². The SMILES string of the molecule is Cn1nc(C(C)(C)C)cc1C(=O)NC(CO)CC(C)(C)C. The Morgan fingerprint density at radius 3 is 2.29 bits per heavy atom. The average Bonchev–Trinajstić information content (AvgIpc) is 2.68. The summed E-state index contributed by atoms with van der Waals surface area (Å²) in [4.78, 5) is 12.4. The van der Waals surface area contributed by atoms with Gasteiger partial charge in [0.25, 0.3) is 5.91 Å². The Morgan fingerprint density at radius 1 is 1.33 bits per heavy atom. The van der Waals surface area contributed by atoms with E-state index in [2.05, 4.69) is 52.0 Å². The van der Waals surface area contributed by atoms with E-state index in [1.54, 1.807) is 11.7 Å². The summed E-state index contributed by atoms with van der Waals surface area (Å²) in [6.45, 7) is 12.4. The number of amides is 1. The van der Waals surface area contributed by atoms with Crippen LogP contribution < -0.4 is 5.32 Å². The van der Waals surface area contributed by atoms with Crippen LogP contribution in [-0.2, 0) is 12.5 Å². The third-order valence-corrected chi connectivity index (χ3v) is 3.30. The van der Waals surface area contributed by atoms with Gasteiger partial charge in [-0.1, -0.05) is 41.5 Å². The molecular weight excluding hydrogens is 266 g/mol. The number of aliphatic hydroxyl groups excluding tert-OH is 1. The highest BCUT2D eigenvalue weighted by molar-refractivity contribution is 5.92. The van der Waals surface area contributed by atoms with Crippen molar-refractivity contribution in [3.63, 3.8) is 0 Å². The fraction of sp³-hybridized carbons (Fsp3) is 0.750. The van der Waals surface area contributed by atoms with Gasteiger partial charge in [-0.15, -0.1) is 0 Å². The van der Waals surface area contributed by atoms with E-state index in [0.717, 1.165) is 12.1 Å². The van der Waals surface area contributed by atoms with Crippen LogP contribution in [0.3, 0.4) is 0 Å². The fourth-order valence-corrected chi connectivity index (χ4v) is 2.21. The zero-order valence-electron chi connectivity index (χ0n) is 14.3. The number of nitrogens with one attached hydrogen (secondary N) is 1. The van der Waals surface area contributed by atoms with Crippen LogP contribution in [0, 0.1) is 5.41 Å². The first-order valence-electron chi connectivity index (χ1n) is 7.40. The molecule has 0 bridgehead atoms. The standard InChI is InChI=1S/C16H29N3O2/c1-15(2,3)9-11(10-20)17-14(21)12-8-13(16(4,5)6)18-19(12)7/h8,11,20H,9-10H2,1-7H3,(H,17,21). The van der Waals surface area contributed by atoms with E-state index in [1.807, 2.05) is 6.07 Å². The van der Waals surface area contributed by atoms with Gasteiger partial charge < -0.3 is 10.4 Å². The molecule has 2 N–H and O–H groups in total. The van der Waals surface area contributed by atoms with E-state index < -0.39 is 0 Å². The van der Waals surface area contributed by atoms with Gasteiger partial charge in [0.05, 0.1) is 18.3 Å². The van der Waals surface area contributed by atoms with E-state index >= 15 is 0 Å². The molecule has 0 aliphatic heterocycles. The number of hydrogen-bond acceptors (Lipinski definition) is 3. The maximum Gasteiger partial charge on any atom is 0.269 e. The molecule has 1 aromatic heterocycles. The quantitative estimate of drug-likeness (QED) is 0.895. The lowest BCUT2D eigenvalue weighted by Gasteiger charge is -2.25. The minimum absolute atomic E-state index is 0.0453. The van der Waals surface area contributed by atoms with Crippen molar-refractivity contribution in [2.75, 3.05) is 6.61 Å². The number of aryl methyl sites for hydroxylation is 1. The Hall–Kier alpha value is -1.36. The van der Waals surface area contributed by atoms with Crippen LogP contribution >= 0.6 is 0 Å².